The predicted molar refractivity (Wildman–Crippen MR) is 115 cm³/mol. The van der Waals surface area contributed by atoms with Gasteiger partial charge >= 0.3 is 6.03 Å². The van der Waals surface area contributed by atoms with Crippen molar-refractivity contribution in [3.05, 3.63) is 71.4 Å². The van der Waals surface area contributed by atoms with Crippen LogP contribution in [0.1, 0.15) is 17.0 Å². The van der Waals surface area contributed by atoms with E-state index in [1.54, 1.807) is 40.1 Å². The Bertz CT molecular complexity index is 1040. The van der Waals surface area contributed by atoms with Crippen LogP contribution < -0.4 is 5.32 Å². The molecule has 8 heteroatoms. The van der Waals surface area contributed by atoms with Crippen molar-refractivity contribution in [1.82, 2.24) is 15.0 Å². The first kappa shape index (κ1) is 20.0. The van der Waals surface area contributed by atoms with Crippen LogP contribution in [0.15, 0.2) is 65.2 Å². The van der Waals surface area contributed by atoms with E-state index in [4.69, 9.17) is 16.1 Å². The zero-order chi connectivity index (χ0) is 20.9. The van der Waals surface area contributed by atoms with Gasteiger partial charge in [-0.1, -0.05) is 53.2 Å². The summed E-state index contributed by atoms with van der Waals surface area (Å²) in [6, 6.07) is 18.0. The lowest BCUT2D eigenvalue weighted by Gasteiger charge is -2.22. The Morgan fingerprint density at radius 2 is 1.70 bits per heavy atom. The number of aromatic nitrogens is 1. The Balaban J connectivity index is 1.37. The molecule has 30 heavy (non-hydrogen) atoms. The summed E-state index contributed by atoms with van der Waals surface area (Å²) in [5.74, 6) is -0.0209. The van der Waals surface area contributed by atoms with Crippen LogP contribution in [0.3, 0.4) is 0 Å². The number of rotatable bonds is 3. The van der Waals surface area contributed by atoms with Crippen LogP contribution in [0.5, 0.6) is 0 Å². The van der Waals surface area contributed by atoms with Crippen molar-refractivity contribution in [3.8, 4) is 11.3 Å². The van der Waals surface area contributed by atoms with Gasteiger partial charge < -0.3 is 19.6 Å². The van der Waals surface area contributed by atoms with Gasteiger partial charge in [-0.05, 0) is 24.6 Å². The SMILES string of the molecule is O=C(Nc1cccc(Cl)c1)N1CCCN(C(=O)c2cc(-c3ccccc3)no2)CC1. The van der Waals surface area contributed by atoms with Gasteiger partial charge in [0.25, 0.3) is 5.91 Å². The van der Waals surface area contributed by atoms with Gasteiger partial charge in [-0.25, -0.2) is 4.79 Å². The molecule has 0 saturated carbocycles. The molecule has 1 fully saturated rings. The minimum absolute atomic E-state index is 0.200. The number of benzene rings is 2. The molecule has 2 aromatic carbocycles. The fraction of sp³-hybridized carbons (Fsp3) is 0.227. The first-order valence-electron chi connectivity index (χ1n) is 9.73. The number of hydrogen-bond donors (Lipinski definition) is 1. The standard InChI is InChI=1S/C22H21ClN4O3/c23-17-8-4-9-18(14-17)24-22(29)27-11-5-10-26(12-13-27)21(28)20-15-19(25-30-20)16-6-2-1-3-7-16/h1-4,6-9,14-15H,5,10-13H2,(H,24,29). The largest absolute Gasteiger partial charge is 0.350 e. The van der Waals surface area contributed by atoms with Crippen molar-refractivity contribution < 1.29 is 14.1 Å². The van der Waals surface area contributed by atoms with Crippen LogP contribution in [-0.2, 0) is 0 Å². The summed E-state index contributed by atoms with van der Waals surface area (Å²) in [5.41, 5.74) is 2.15. The molecule has 154 valence electrons. The summed E-state index contributed by atoms with van der Waals surface area (Å²) in [5, 5.41) is 7.42. The summed E-state index contributed by atoms with van der Waals surface area (Å²) in [4.78, 5) is 28.8. The maximum absolute atomic E-state index is 12.9. The van der Waals surface area contributed by atoms with Crippen molar-refractivity contribution >= 4 is 29.2 Å². The van der Waals surface area contributed by atoms with E-state index in [0.717, 1.165) is 5.56 Å². The smallest absolute Gasteiger partial charge is 0.321 e. The van der Waals surface area contributed by atoms with Gasteiger partial charge in [-0.2, -0.15) is 0 Å². The van der Waals surface area contributed by atoms with Crippen molar-refractivity contribution in [1.29, 1.82) is 0 Å². The average Bonchev–Trinajstić information content (AvgIpc) is 3.12. The first-order valence-corrected chi connectivity index (χ1v) is 10.1. The molecule has 0 spiro atoms. The molecule has 1 aromatic heterocycles. The van der Waals surface area contributed by atoms with Gasteiger partial charge in [0, 0.05) is 48.5 Å². The lowest BCUT2D eigenvalue weighted by Crippen LogP contribution is -2.39. The molecule has 0 bridgehead atoms. The highest BCUT2D eigenvalue weighted by atomic mass is 35.5. The van der Waals surface area contributed by atoms with Gasteiger partial charge in [0.1, 0.15) is 5.69 Å². The predicted octanol–water partition coefficient (Wildman–Crippen LogP) is 4.38. The van der Waals surface area contributed by atoms with E-state index >= 15 is 0 Å². The van der Waals surface area contributed by atoms with E-state index in [1.807, 2.05) is 30.3 Å². The van der Waals surface area contributed by atoms with Gasteiger partial charge in [0.15, 0.2) is 0 Å². The summed E-state index contributed by atoms with van der Waals surface area (Å²) >= 11 is 5.97. The number of carbonyl (C=O) groups excluding carboxylic acids is 2. The number of halogens is 1. The van der Waals surface area contributed by atoms with Crippen molar-refractivity contribution in [2.24, 2.45) is 0 Å². The number of hydrogen-bond acceptors (Lipinski definition) is 4. The molecule has 0 radical (unpaired) electrons. The zero-order valence-electron chi connectivity index (χ0n) is 16.3. The lowest BCUT2D eigenvalue weighted by molar-refractivity contribution is 0.0721. The van der Waals surface area contributed by atoms with Crippen LogP contribution in [0, 0.1) is 0 Å². The van der Waals surface area contributed by atoms with Crippen molar-refractivity contribution in [3.63, 3.8) is 0 Å². The Hall–Kier alpha value is -3.32. The molecule has 0 unspecified atom stereocenters. The van der Waals surface area contributed by atoms with E-state index < -0.39 is 0 Å². The Labute approximate surface area is 179 Å². The molecular formula is C22H21ClN4O3. The third kappa shape index (κ3) is 4.63. The zero-order valence-corrected chi connectivity index (χ0v) is 17.0. The molecule has 1 saturated heterocycles. The number of carbonyl (C=O) groups is 2. The molecule has 2 heterocycles. The monoisotopic (exact) mass is 424 g/mol. The molecule has 3 aromatic rings. The topological polar surface area (TPSA) is 78.7 Å². The van der Waals surface area contributed by atoms with Gasteiger partial charge in [0.05, 0.1) is 0 Å². The van der Waals surface area contributed by atoms with E-state index in [1.165, 1.54) is 0 Å². The van der Waals surface area contributed by atoms with Gasteiger partial charge in [-0.3, -0.25) is 4.79 Å². The van der Waals surface area contributed by atoms with Crippen molar-refractivity contribution in [2.45, 2.75) is 6.42 Å². The summed E-state index contributed by atoms with van der Waals surface area (Å²) in [6.45, 7) is 1.95. The summed E-state index contributed by atoms with van der Waals surface area (Å²) in [7, 11) is 0. The summed E-state index contributed by atoms with van der Waals surface area (Å²) in [6.07, 6.45) is 0.675. The molecule has 1 aliphatic rings. The van der Waals surface area contributed by atoms with E-state index in [2.05, 4.69) is 10.5 Å². The minimum Gasteiger partial charge on any atom is -0.350 e. The molecule has 0 aliphatic carbocycles. The van der Waals surface area contributed by atoms with Crippen LogP contribution in [0.4, 0.5) is 10.5 Å². The second-order valence-electron chi connectivity index (χ2n) is 7.02. The molecule has 7 nitrogen and oxygen atoms in total. The number of nitrogens with zero attached hydrogens (tertiary/aromatic N) is 3. The Kier molecular flexibility index (Phi) is 5.99. The van der Waals surface area contributed by atoms with Crippen LogP contribution >= 0.6 is 11.6 Å². The second kappa shape index (κ2) is 9.00. The third-order valence-corrected chi connectivity index (χ3v) is 5.17. The Morgan fingerprint density at radius 1 is 0.933 bits per heavy atom. The number of amides is 3. The van der Waals surface area contributed by atoms with E-state index in [-0.39, 0.29) is 17.7 Å². The number of nitrogens with one attached hydrogen (secondary N) is 1. The van der Waals surface area contributed by atoms with Gasteiger partial charge in [-0.15, -0.1) is 0 Å². The molecule has 3 amide bonds. The van der Waals surface area contributed by atoms with Gasteiger partial charge in [0.2, 0.25) is 5.76 Å². The fourth-order valence-electron chi connectivity index (χ4n) is 3.37. The molecular weight excluding hydrogens is 404 g/mol. The highest BCUT2D eigenvalue weighted by Gasteiger charge is 2.25. The van der Waals surface area contributed by atoms with E-state index in [9.17, 15) is 9.59 Å². The number of urea groups is 1. The quantitative estimate of drug-likeness (QED) is 0.676. The normalized spacial score (nSPS) is 14.3. The van der Waals surface area contributed by atoms with Crippen LogP contribution in [0.25, 0.3) is 11.3 Å². The maximum Gasteiger partial charge on any atom is 0.321 e. The molecule has 1 aliphatic heterocycles. The number of anilines is 1. The highest BCUT2D eigenvalue weighted by molar-refractivity contribution is 6.30. The maximum atomic E-state index is 12.9. The lowest BCUT2D eigenvalue weighted by atomic mass is 10.1. The van der Waals surface area contributed by atoms with Crippen LogP contribution in [0.2, 0.25) is 5.02 Å². The first-order chi connectivity index (χ1) is 14.6. The minimum atomic E-state index is -0.221. The van der Waals surface area contributed by atoms with Crippen LogP contribution in [-0.4, -0.2) is 53.1 Å². The van der Waals surface area contributed by atoms with E-state index in [0.29, 0.717) is 49.0 Å². The van der Waals surface area contributed by atoms with Crippen molar-refractivity contribution in [2.75, 3.05) is 31.5 Å². The second-order valence-corrected chi connectivity index (χ2v) is 7.45. The molecule has 0 atom stereocenters. The molecule has 1 N–H and O–H groups in total. The summed E-state index contributed by atoms with van der Waals surface area (Å²) < 4.78 is 5.29. The third-order valence-electron chi connectivity index (χ3n) is 4.94. The highest BCUT2D eigenvalue weighted by Crippen LogP contribution is 2.20. The average molecular weight is 425 g/mol. The fourth-order valence-corrected chi connectivity index (χ4v) is 3.56. The Morgan fingerprint density at radius 3 is 2.50 bits per heavy atom. The molecule has 4 rings (SSSR count).